The molecule has 12 heteroatoms. The first-order valence-electron chi connectivity index (χ1n) is 13.1. The largest absolute Gasteiger partial charge is 0.493 e. The second-order valence-corrected chi connectivity index (χ2v) is 11.1. The first-order valence-corrected chi connectivity index (χ1v) is 13.9. The third-order valence-corrected chi connectivity index (χ3v) is 8.02. The van der Waals surface area contributed by atoms with E-state index in [9.17, 15) is 23.2 Å². The van der Waals surface area contributed by atoms with Gasteiger partial charge in [0.25, 0.3) is 0 Å². The van der Waals surface area contributed by atoms with Crippen LogP contribution in [0.3, 0.4) is 0 Å². The van der Waals surface area contributed by atoms with Crippen LogP contribution in [-0.2, 0) is 24.3 Å². The van der Waals surface area contributed by atoms with E-state index in [2.05, 4.69) is 26.3 Å². The van der Waals surface area contributed by atoms with E-state index >= 15 is 0 Å². The summed E-state index contributed by atoms with van der Waals surface area (Å²) in [6.45, 7) is 6.31. The number of aromatic nitrogens is 3. The van der Waals surface area contributed by atoms with Gasteiger partial charge in [-0.3, -0.25) is 9.69 Å². The Bertz CT molecular complexity index is 1580. The number of likely N-dealkylation sites (tertiary alicyclic amines) is 1. The zero-order valence-corrected chi connectivity index (χ0v) is 23.0. The number of carbonyl (C=O) groups is 1. The van der Waals surface area contributed by atoms with E-state index in [1.807, 2.05) is 19.1 Å². The number of Topliss-reactive ketones (excluding diaryl/α,β-unsaturated/α-hetero) is 1. The van der Waals surface area contributed by atoms with Crippen molar-refractivity contribution in [2.75, 3.05) is 25.0 Å². The van der Waals surface area contributed by atoms with E-state index < -0.39 is 12.6 Å². The highest BCUT2D eigenvalue weighted by molar-refractivity contribution is 7.18. The molecular formula is C28H29F3N6O2S. The predicted octanol–water partition coefficient (Wildman–Crippen LogP) is 5.69. The van der Waals surface area contributed by atoms with Crippen LogP contribution in [-0.4, -0.2) is 57.1 Å². The van der Waals surface area contributed by atoms with Crippen LogP contribution >= 0.6 is 11.3 Å². The minimum atomic E-state index is -4.27. The van der Waals surface area contributed by atoms with Gasteiger partial charge in [-0.15, -0.1) is 11.3 Å². The molecule has 4 heterocycles. The summed E-state index contributed by atoms with van der Waals surface area (Å²) in [5.41, 5.74) is 2.23. The lowest BCUT2D eigenvalue weighted by atomic mass is 10.0. The molecule has 0 amide bonds. The van der Waals surface area contributed by atoms with Gasteiger partial charge in [0.05, 0.1) is 30.5 Å². The number of ketones is 1. The normalized spacial score (nSPS) is 15.0. The molecule has 3 aromatic heterocycles. The molecule has 0 radical (unpaired) electrons. The van der Waals surface area contributed by atoms with E-state index in [1.54, 1.807) is 10.6 Å². The molecule has 1 N–H and O–H groups in total. The molecule has 210 valence electrons. The van der Waals surface area contributed by atoms with Gasteiger partial charge in [-0.1, -0.05) is 6.07 Å². The summed E-state index contributed by atoms with van der Waals surface area (Å²) in [7, 11) is 0. The van der Waals surface area contributed by atoms with Gasteiger partial charge in [-0.05, 0) is 44.9 Å². The molecule has 0 atom stereocenters. The lowest BCUT2D eigenvalue weighted by molar-refractivity contribution is -0.126. The molecule has 1 aliphatic heterocycles. The standard InChI is InChI=1S/C28H29F3N6O2S/c1-3-39-25-18(4-5-24-22(25)10-20(13-32)37(24)14-17(2)38)15-36-8-6-19(7-9-36)35-26-23-11-21(12-28(29,30)31)40-27(23)34-16-33-26/h4-5,10-11,16,19H,3,6-9,12,14-15H2,1-2H3,(H,33,34,35). The molecule has 1 aliphatic rings. The quantitative estimate of drug-likeness (QED) is 0.276. The van der Waals surface area contributed by atoms with E-state index in [0.717, 1.165) is 59.5 Å². The number of ether oxygens (including phenoxy) is 1. The summed E-state index contributed by atoms with van der Waals surface area (Å²) in [5, 5.41) is 14.5. The topological polar surface area (TPSA) is 96.1 Å². The fraction of sp³-hybridized carbons (Fsp3) is 0.429. The average molecular weight is 571 g/mol. The number of alkyl halides is 3. The highest BCUT2D eigenvalue weighted by atomic mass is 32.1. The second-order valence-electron chi connectivity index (χ2n) is 9.99. The zero-order valence-electron chi connectivity index (χ0n) is 22.2. The molecule has 0 unspecified atom stereocenters. The maximum Gasteiger partial charge on any atom is 0.393 e. The van der Waals surface area contributed by atoms with Crippen LogP contribution < -0.4 is 10.1 Å². The van der Waals surface area contributed by atoms with Crippen LogP contribution in [0.2, 0.25) is 0 Å². The van der Waals surface area contributed by atoms with Crippen molar-refractivity contribution < 1.29 is 22.7 Å². The van der Waals surface area contributed by atoms with Gasteiger partial charge in [0, 0.05) is 41.5 Å². The molecule has 0 aliphatic carbocycles. The molecule has 0 bridgehead atoms. The van der Waals surface area contributed by atoms with Gasteiger partial charge in [-0.25, -0.2) is 9.97 Å². The van der Waals surface area contributed by atoms with Gasteiger partial charge >= 0.3 is 6.18 Å². The number of thiophene rings is 1. The zero-order chi connectivity index (χ0) is 28.4. The van der Waals surface area contributed by atoms with Gasteiger partial charge in [0.1, 0.15) is 40.3 Å². The molecule has 8 nitrogen and oxygen atoms in total. The predicted molar refractivity (Wildman–Crippen MR) is 148 cm³/mol. The minimum Gasteiger partial charge on any atom is -0.493 e. The number of hydrogen-bond acceptors (Lipinski definition) is 8. The number of fused-ring (bicyclic) bond motifs is 2. The van der Waals surface area contributed by atoms with Crippen molar-refractivity contribution in [1.82, 2.24) is 19.4 Å². The SMILES string of the molecule is CCOc1c(CN2CCC(Nc3ncnc4sc(CC(F)(F)F)cc34)CC2)ccc2c1cc(C#N)n2CC(C)=O. The lowest BCUT2D eigenvalue weighted by Crippen LogP contribution is -2.38. The number of rotatable bonds is 9. The smallest absolute Gasteiger partial charge is 0.393 e. The maximum atomic E-state index is 12.9. The summed E-state index contributed by atoms with van der Waals surface area (Å²) in [6.07, 6.45) is -2.17. The van der Waals surface area contributed by atoms with Crippen LogP contribution in [0.25, 0.3) is 21.1 Å². The van der Waals surface area contributed by atoms with E-state index in [4.69, 9.17) is 4.74 Å². The number of hydrogen-bond donors (Lipinski definition) is 1. The van der Waals surface area contributed by atoms with Crippen LogP contribution in [0.5, 0.6) is 5.75 Å². The Morgan fingerprint density at radius 2 is 2.00 bits per heavy atom. The Balaban J connectivity index is 1.28. The molecule has 4 aromatic rings. The molecule has 0 spiro atoms. The highest BCUT2D eigenvalue weighted by Crippen LogP contribution is 2.35. The number of carbonyl (C=O) groups excluding carboxylic acids is 1. The molecule has 1 saturated heterocycles. The molecule has 40 heavy (non-hydrogen) atoms. The Kier molecular flexibility index (Phi) is 7.96. The number of anilines is 1. The average Bonchev–Trinajstić information content (AvgIpc) is 3.46. The fourth-order valence-electron chi connectivity index (χ4n) is 5.25. The summed E-state index contributed by atoms with van der Waals surface area (Å²) >= 11 is 1.05. The van der Waals surface area contributed by atoms with Crippen molar-refractivity contribution in [2.45, 2.75) is 58.4 Å². The third kappa shape index (κ3) is 6.05. The monoisotopic (exact) mass is 570 g/mol. The van der Waals surface area contributed by atoms with Crippen LogP contribution in [0.15, 0.2) is 30.6 Å². The maximum absolute atomic E-state index is 12.9. The lowest BCUT2D eigenvalue weighted by Gasteiger charge is -2.33. The van der Waals surface area contributed by atoms with E-state index in [0.29, 0.717) is 34.9 Å². The van der Waals surface area contributed by atoms with Crippen LogP contribution in [0.1, 0.15) is 42.8 Å². The van der Waals surface area contributed by atoms with Crippen LogP contribution in [0, 0.1) is 11.3 Å². The first kappa shape index (κ1) is 27.9. The number of nitrogens with zero attached hydrogens (tertiary/aromatic N) is 5. The van der Waals surface area contributed by atoms with Crippen molar-refractivity contribution in [3.05, 3.63) is 46.7 Å². The molecular weight excluding hydrogens is 541 g/mol. The summed E-state index contributed by atoms with van der Waals surface area (Å²) in [6, 6.07) is 9.59. The Morgan fingerprint density at radius 3 is 2.67 bits per heavy atom. The second kappa shape index (κ2) is 11.4. The van der Waals surface area contributed by atoms with Gasteiger partial charge < -0.3 is 14.6 Å². The Labute approximate surface area is 233 Å². The van der Waals surface area contributed by atoms with E-state index in [1.165, 1.54) is 19.3 Å². The number of nitrogens with one attached hydrogen (secondary N) is 1. The van der Waals surface area contributed by atoms with Crippen molar-refractivity contribution >= 4 is 44.1 Å². The highest BCUT2D eigenvalue weighted by Gasteiger charge is 2.29. The molecule has 1 aromatic carbocycles. The molecule has 0 saturated carbocycles. The summed E-state index contributed by atoms with van der Waals surface area (Å²) < 4.78 is 46.4. The molecule has 5 rings (SSSR count). The number of piperidine rings is 1. The van der Waals surface area contributed by atoms with Crippen molar-refractivity contribution in [3.8, 4) is 11.8 Å². The first-order chi connectivity index (χ1) is 19.1. The number of benzene rings is 1. The van der Waals surface area contributed by atoms with Crippen molar-refractivity contribution in [3.63, 3.8) is 0 Å². The molecule has 1 fully saturated rings. The Hall–Kier alpha value is -3.69. The van der Waals surface area contributed by atoms with Gasteiger partial charge in [-0.2, -0.15) is 18.4 Å². The van der Waals surface area contributed by atoms with Crippen molar-refractivity contribution in [2.24, 2.45) is 0 Å². The van der Waals surface area contributed by atoms with Crippen LogP contribution in [0.4, 0.5) is 19.0 Å². The van der Waals surface area contributed by atoms with Gasteiger partial charge in [0.15, 0.2) is 0 Å². The summed E-state index contributed by atoms with van der Waals surface area (Å²) in [5.74, 6) is 1.27. The fourth-order valence-corrected chi connectivity index (χ4v) is 6.28. The minimum absolute atomic E-state index is 0.0315. The van der Waals surface area contributed by atoms with E-state index in [-0.39, 0.29) is 23.2 Å². The Morgan fingerprint density at radius 1 is 1.23 bits per heavy atom. The third-order valence-electron chi connectivity index (χ3n) is 6.98. The van der Waals surface area contributed by atoms with Gasteiger partial charge in [0.2, 0.25) is 0 Å². The van der Waals surface area contributed by atoms with Crippen molar-refractivity contribution in [1.29, 1.82) is 5.26 Å². The number of halogens is 3. The number of nitriles is 1. The summed E-state index contributed by atoms with van der Waals surface area (Å²) in [4.78, 5) is 23.4.